The molecule has 5 nitrogen and oxygen atoms in total. The van der Waals surface area contributed by atoms with E-state index in [4.69, 9.17) is 4.74 Å². The van der Waals surface area contributed by atoms with E-state index in [1.807, 2.05) is 7.05 Å². The van der Waals surface area contributed by atoms with E-state index in [-0.39, 0.29) is 12.0 Å². The Morgan fingerprint density at radius 3 is 2.94 bits per heavy atom. The first kappa shape index (κ1) is 11.8. The molecule has 1 unspecified atom stereocenters. The van der Waals surface area contributed by atoms with Crippen LogP contribution in [0.3, 0.4) is 0 Å². The zero-order valence-electron chi connectivity index (χ0n) is 9.74. The van der Waals surface area contributed by atoms with E-state index in [9.17, 15) is 9.90 Å². The third-order valence-electron chi connectivity index (χ3n) is 3.44. The van der Waals surface area contributed by atoms with Gasteiger partial charge in [-0.3, -0.25) is 4.79 Å². The predicted octanol–water partition coefficient (Wildman–Crippen LogP) is -0.652. The monoisotopic (exact) mass is 228 g/mol. The summed E-state index contributed by atoms with van der Waals surface area (Å²) in [5.74, 6) is -0.105. The van der Waals surface area contributed by atoms with Gasteiger partial charge in [0, 0.05) is 19.6 Å². The fraction of sp³-hybridized carbons (Fsp3) is 0.909. The van der Waals surface area contributed by atoms with Gasteiger partial charge in [0.15, 0.2) is 0 Å². The number of morpholine rings is 1. The Labute approximate surface area is 95.8 Å². The van der Waals surface area contributed by atoms with Crippen molar-refractivity contribution in [3.8, 4) is 0 Å². The zero-order chi connectivity index (χ0) is 11.6. The second kappa shape index (κ2) is 4.69. The standard InChI is InChI=1S/C11H20N2O3/c1-13-5-6-16-9(7-13)10(14)12-8-11(15)3-2-4-11/h9,15H,2-8H2,1H3,(H,12,14). The van der Waals surface area contributed by atoms with E-state index in [1.165, 1.54) is 0 Å². The van der Waals surface area contributed by atoms with Gasteiger partial charge in [0.05, 0.1) is 12.2 Å². The summed E-state index contributed by atoms with van der Waals surface area (Å²) in [5.41, 5.74) is -0.657. The van der Waals surface area contributed by atoms with E-state index >= 15 is 0 Å². The number of rotatable bonds is 3. The fourth-order valence-electron chi connectivity index (χ4n) is 2.06. The van der Waals surface area contributed by atoms with Crippen molar-refractivity contribution in [2.45, 2.75) is 31.0 Å². The summed E-state index contributed by atoms with van der Waals surface area (Å²) < 4.78 is 5.39. The zero-order valence-corrected chi connectivity index (χ0v) is 9.74. The molecule has 0 aromatic heterocycles. The van der Waals surface area contributed by atoms with Gasteiger partial charge in [-0.1, -0.05) is 0 Å². The second-order valence-corrected chi connectivity index (χ2v) is 4.92. The van der Waals surface area contributed by atoms with Crippen LogP contribution in [0.15, 0.2) is 0 Å². The number of nitrogens with one attached hydrogen (secondary N) is 1. The number of carbonyl (C=O) groups is 1. The van der Waals surface area contributed by atoms with Crippen LogP contribution in [0.1, 0.15) is 19.3 Å². The maximum atomic E-state index is 11.8. The first-order valence-electron chi connectivity index (χ1n) is 5.89. The summed E-state index contributed by atoms with van der Waals surface area (Å²) in [6, 6.07) is 0. The second-order valence-electron chi connectivity index (χ2n) is 4.92. The largest absolute Gasteiger partial charge is 0.388 e. The number of nitrogens with zero attached hydrogens (tertiary/aromatic N) is 1. The Morgan fingerprint density at radius 2 is 2.38 bits per heavy atom. The normalized spacial score (nSPS) is 29.5. The summed E-state index contributed by atoms with van der Waals surface area (Å²) in [6.45, 7) is 2.45. The molecule has 0 aromatic carbocycles. The summed E-state index contributed by atoms with van der Waals surface area (Å²) in [4.78, 5) is 13.8. The Hall–Kier alpha value is -0.650. The Morgan fingerprint density at radius 1 is 1.62 bits per heavy atom. The van der Waals surface area contributed by atoms with Gasteiger partial charge in [-0.05, 0) is 26.3 Å². The van der Waals surface area contributed by atoms with Crippen molar-refractivity contribution in [3.63, 3.8) is 0 Å². The molecule has 2 N–H and O–H groups in total. The third-order valence-corrected chi connectivity index (χ3v) is 3.44. The minimum absolute atomic E-state index is 0.105. The van der Waals surface area contributed by atoms with Crippen LogP contribution >= 0.6 is 0 Å². The quantitative estimate of drug-likeness (QED) is 0.674. The molecule has 1 aliphatic carbocycles. The molecule has 1 heterocycles. The lowest BCUT2D eigenvalue weighted by Crippen LogP contribution is -2.53. The van der Waals surface area contributed by atoms with Crippen molar-refractivity contribution >= 4 is 5.91 Å². The lowest BCUT2D eigenvalue weighted by atomic mass is 9.80. The van der Waals surface area contributed by atoms with Crippen molar-refractivity contribution < 1.29 is 14.6 Å². The first-order valence-corrected chi connectivity index (χ1v) is 5.89. The van der Waals surface area contributed by atoms with E-state index in [0.717, 1.165) is 25.8 Å². The Bertz CT molecular complexity index is 266. The molecule has 1 amide bonds. The molecule has 92 valence electrons. The molecule has 0 bridgehead atoms. The van der Waals surface area contributed by atoms with Crippen molar-refractivity contribution in [1.29, 1.82) is 0 Å². The molecular formula is C11H20N2O3. The average molecular weight is 228 g/mol. The van der Waals surface area contributed by atoms with Gasteiger partial charge in [0.1, 0.15) is 6.10 Å². The van der Waals surface area contributed by atoms with Crippen LogP contribution in [0.5, 0.6) is 0 Å². The van der Waals surface area contributed by atoms with Gasteiger partial charge in [0.25, 0.3) is 5.91 Å². The van der Waals surface area contributed by atoms with Gasteiger partial charge in [-0.2, -0.15) is 0 Å². The van der Waals surface area contributed by atoms with Gasteiger partial charge in [0.2, 0.25) is 0 Å². The number of hydrogen-bond acceptors (Lipinski definition) is 4. The topological polar surface area (TPSA) is 61.8 Å². The number of ether oxygens (including phenoxy) is 1. The maximum absolute atomic E-state index is 11.8. The molecule has 1 atom stereocenters. The highest BCUT2D eigenvalue weighted by Gasteiger charge is 2.35. The van der Waals surface area contributed by atoms with Gasteiger partial charge < -0.3 is 20.1 Å². The first-order chi connectivity index (χ1) is 7.59. The molecule has 0 radical (unpaired) electrons. The fourth-order valence-corrected chi connectivity index (χ4v) is 2.06. The van der Waals surface area contributed by atoms with Gasteiger partial charge in [-0.15, -0.1) is 0 Å². The molecule has 5 heteroatoms. The van der Waals surface area contributed by atoms with Gasteiger partial charge >= 0.3 is 0 Å². The van der Waals surface area contributed by atoms with Crippen molar-refractivity contribution in [2.24, 2.45) is 0 Å². The van der Waals surface area contributed by atoms with E-state index in [1.54, 1.807) is 0 Å². The van der Waals surface area contributed by atoms with Crippen molar-refractivity contribution in [3.05, 3.63) is 0 Å². The molecule has 2 aliphatic rings. The summed E-state index contributed by atoms with van der Waals surface area (Å²) in [7, 11) is 1.97. The molecule has 0 aromatic rings. The molecule has 16 heavy (non-hydrogen) atoms. The van der Waals surface area contributed by atoms with Crippen molar-refractivity contribution in [2.75, 3.05) is 33.3 Å². The highest BCUT2D eigenvalue weighted by Crippen LogP contribution is 2.30. The number of carbonyl (C=O) groups excluding carboxylic acids is 1. The molecule has 0 spiro atoms. The van der Waals surface area contributed by atoms with Crippen LogP contribution in [-0.4, -0.2) is 60.9 Å². The Kier molecular flexibility index (Phi) is 3.47. The van der Waals surface area contributed by atoms with Crippen LogP contribution in [0.4, 0.5) is 0 Å². The maximum Gasteiger partial charge on any atom is 0.250 e. The number of likely N-dealkylation sites (N-methyl/N-ethyl adjacent to an activating group) is 1. The molecular weight excluding hydrogens is 208 g/mol. The highest BCUT2D eigenvalue weighted by atomic mass is 16.5. The average Bonchev–Trinajstić information content (AvgIpc) is 2.23. The van der Waals surface area contributed by atoms with E-state index in [0.29, 0.717) is 19.7 Å². The molecule has 2 rings (SSSR count). The van der Waals surface area contributed by atoms with Crippen LogP contribution in [0.2, 0.25) is 0 Å². The van der Waals surface area contributed by atoms with Crippen LogP contribution in [0, 0.1) is 0 Å². The van der Waals surface area contributed by atoms with E-state index in [2.05, 4.69) is 10.2 Å². The van der Waals surface area contributed by atoms with Crippen LogP contribution in [0.25, 0.3) is 0 Å². The Balaban J connectivity index is 1.74. The molecule has 1 aliphatic heterocycles. The summed E-state index contributed by atoms with van der Waals surface area (Å²) in [6.07, 6.45) is 2.24. The number of hydrogen-bond donors (Lipinski definition) is 2. The molecule has 2 fully saturated rings. The third kappa shape index (κ3) is 2.72. The number of amides is 1. The van der Waals surface area contributed by atoms with Crippen LogP contribution < -0.4 is 5.32 Å². The number of aliphatic hydroxyl groups is 1. The predicted molar refractivity (Wildman–Crippen MR) is 59.0 cm³/mol. The van der Waals surface area contributed by atoms with Crippen molar-refractivity contribution in [1.82, 2.24) is 10.2 Å². The van der Waals surface area contributed by atoms with E-state index < -0.39 is 5.60 Å². The SMILES string of the molecule is CN1CCOC(C(=O)NCC2(O)CCC2)C1. The lowest BCUT2D eigenvalue weighted by Gasteiger charge is -2.37. The summed E-state index contributed by atoms with van der Waals surface area (Å²) in [5, 5.41) is 12.6. The van der Waals surface area contributed by atoms with Gasteiger partial charge in [-0.25, -0.2) is 0 Å². The minimum atomic E-state index is -0.657. The smallest absolute Gasteiger partial charge is 0.250 e. The van der Waals surface area contributed by atoms with Crippen LogP contribution in [-0.2, 0) is 9.53 Å². The highest BCUT2D eigenvalue weighted by molar-refractivity contribution is 5.81. The molecule has 1 saturated carbocycles. The lowest BCUT2D eigenvalue weighted by molar-refractivity contribution is -0.140. The minimum Gasteiger partial charge on any atom is -0.388 e. The summed E-state index contributed by atoms with van der Waals surface area (Å²) >= 11 is 0. The molecule has 1 saturated heterocycles.